The van der Waals surface area contributed by atoms with E-state index in [1.807, 2.05) is 42.6 Å². The van der Waals surface area contributed by atoms with Crippen LogP contribution in [0.4, 0.5) is 5.69 Å². The van der Waals surface area contributed by atoms with Gasteiger partial charge >= 0.3 is 0 Å². The van der Waals surface area contributed by atoms with Crippen LogP contribution in [-0.4, -0.2) is 21.2 Å². The number of hydrogen-bond acceptors (Lipinski definition) is 6. The van der Waals surface area contributed by atoms with E-state index in [2.05, 4.69) is 10.3 Å². The molecule has 0 radical (unpaired) electrons. The summed E-state index contributed by atoms with van der Waals surface area (Å²) in [6, 6.07) is 16.8. The molecule has 0 fully saturated rings. The van der Waals surface area contributed by atoms with Gasteiger partial charge in [0.05, 0.1) is 11.3 Å². The van der Waals surface area contributed by atoms with E-state index in [1.54, 1.807) is 31.3 Å². The first-order chi connectivity index (χ1) is 14.5. The molecule has 0 unspecified atom stereocenters. The van der Waals surface area contributed by atoms with E-state index in [-0.39, 0.29) is 17.2 Å². The molecule has 2 aromatic carbocycles. The highest BCUT2D eigenvalue weighted by Gasteiger charge is 2.12. The Kier molecular flexibility index (Phi) is 5.87. The smallest absolute Gasteiger partial charge is 0.271 e. The molecule has 152 valence electrons. The Morgan fingerprint density at radius 3 is 2.73 bits per heavy atom. The van der Waals surface area contributed by atoms with E-state index in [9.17, 15) is 9.59 Å². The quantitative estimate of drug-likeness (QED) is 0.346. The molecule has 0 spiro atoms. The third-order valence-electron chi connectivity index (χ3n) is 4.34. The second kappa shape index (κ2) is 8.73. The van der Waals surface area contributed by atoms with Crippen molar-refractivity contribution in [2.75, 3.05) is 11.1 Å². The maximum absolute atomic E-state index is 12.3. The molecule has 2 aromatic heterocycles. The Labute approximate surface area is 181 Å². The number of nitrogens with one attached hydrogen (secondary N) is 1. The van der Waals surface area contributed by atoms with E-state index in [4.69, 9.17) is 4.74 Å². The molecule has 0 saturated carbocycles. The molecule has 1 N–H and O–H groups in total. The van der Waals surface area contributed by atoms with Crippen LogP contribution in [0.1, 0.15) is 5.56 Å². The van der Waals surface area contributed by atoms with Gasteiger partial charge in [-0.15, -0.1) is 11.3 Å². The Bertz CT molecular complexity index is 1260. The van der Waals surface area contributed by atoms with Gasteiger partial charge in [-0.05, 0) is 60.3 Å². The number of anilines is 1. The first-order valence-electron chi connectivity index (χ1n) is 9.21. The van der Waals surface area contributed by atoms with Crippen LogP contribution in [0.3, 0.4) is 0 Å². The molecule has 30 heavy (non-hydrogen) atoms. The fraction of sp³-hybridized carbons (Fsp3) is 0.136. The van der Waals surface area contributed by atoms with E-state index in [0.29, 0.717) is 26.8 Å². The predicted molar refractivity (Wildman–Crippen MR) is 122 cm³/mol. The van der Waals surface area contributed by atoms with Crippen LogP contribution in [0.15, 0.2) is 69.9 Å². The van der Waals surface area contributed by atoms with Crippen molar-refractivity contribution < 1.29 is 9.53 Å². The Balaban J connectivity index is 1.36. The number of thiophene rings is 1. The zero-order valence-corrected chi connectivity index (χ0v) is 18.0. The molecule has 0 atom stereocenters. The normalized spacial score (nSPS) is 10.9. The van der Waals surface area contributed by atoms with E-state index in [1.165, 1.54) is 27.7 Å². The van der Waals surface area contributed by atoms with Gasteiger partial charge < -0.3 is 10.1 Å². The summed E-state index contributed by atoms with van der Waals surface area (Å²) in [7, 11) is 1.67. The van der Waals surface area contributed by atoms with Crippen molar-refractivity contribution in [3.63, 3.8) is 0 Å². The molecule has 1 amide bonds. The zero-order valence-electron chi connectivity index (χ0n) is 16.4. The summed E-state index contributed by atoms with van der Waals surface area (Å²) < 4.78 is 7.93. The topological polar surface area (TPSA) is 73.2 Å². The number of aryl methyl sites for hydroxylation is 1. The van der Waals surface area contributed by atoms with Crippen LogP contribution >= 0.6 is 23.1 Å². The number of thioether (sulfide) groups is 1. The van der Waals surface area contributed by atoms with Crippen molar-refractivity contribution in [3.05, 3.63) is 75.9 Å². The number of amides is 1. The minimum absolute atomic E-state index is 0.0953. The van der Waals surface area contributed by atoms with Crippen molar-refractivity contribution in [1.29, 1.82) is 0 Å². The van der Waals surface area contributed by atoms with E-state index >= 15 is 0 Å². The van der Waals surface area contributed by atoms with Gasteiger partial charge in [0, 0.05) is 12.7 Å². The lowest BCUT2D eigenvalue weighted by atomic mass is 10.2. The average Bonchev–Trinajstić information content (AvgIpc) is 3.20. The standard InChI is InChI=1S/C22H19N3O3S2/c1-14-4-3-5-17(12-14)28-16-8-6-15(7-9-16)23-19(26)13-30-22-24-18-10-11-29-20(18)21(27)25(22)2/h3-12H,13H2,1-2H3,(H,23,26). The van der Waals surface area contributed by atoms with Crippen molar-refractivity contribution >= 4 is 44.9 Å². The molecule has 2 heterocycles. The van der Waals surface area contributed by atoms with E-state index < -0.39 is 0 Å². The van der Waals surface area contributed by atoms with E-state index in [0.717, 1.165) is 11.3 Å². The lowest BCUT2D eigenvalue weighted by Gasteiger charge is -2.09. The molecule has 4 aromatic rings. The number of aromatic nitrogens is 2. The fourth-order valence-corrected chi connectivity index (χ4v) is 4.42. The fourth-order valence-electron chi connectivity index (χ4n) is 2.85. The van der Waals surface area contributed by atoms with Crippen LogP contribution in [0.5, 0.6) is 11.5 Å². The molecule has 0 bridgehead atoms. The predicted octanol–water partition coefficient (Wildman–Crippen LogP) is 4.83. The van der Waals surface area contributed by atoms with Crippen LogP contribution < -0.4 is 15.6 Å². The Morgan fingerprint density at radius 1 is 1.17 bits per heavy atom. The van der Waals surface area contributed by atoms with Crippen LogP contribution in [-0.2, 0) is 11.8 Å². The van der Waals surface area contributed by atoms with Crippen molar-refractivity contribution in [2.24, 2.45) is 7.05 Å². The van der Waals surface area contributed by atoms with Gasteiger partial charge in [0.1, 0.15) is 16.2 Å². The first-order valence-corrected chi connectivity index (χ1v) is 11.1. The Hall–Kier alpha value is -3.10. The van der Waals surface area contributed by atoms with Gasteiger partial charge in [0.2, 0.25) is 5.91 Å². The van der Waals surface area contributed by atoms with Gasteiger partial charge in [0.25, 0.3) is 5.56 Å². The van der Waals surface area contributed by atoms with Gasteiger partial charge in [-0.2, -0.15) is 0 Å². The monoisotopic (exact) mass is 437 g/mol. The van der Waals surface area contributed by atoms with Crippen molar-refractivity contribution in [2.45, 2.75) is 12.1 Å². The van der Waals surface area contributed by atoms with Crippen LogP contribution in [0.25, 0.3) is 10.2 Å². The number of benzene rings is 2. The van der Waals surface area contributed by atoms with Crippen molar-refractivity contribution in [1.82, 2.24) is 9.55 Å². The number of rotatable bonds is 6. The molecular formula is C22H19N3O3S2. The summed E-state index contributed by atoms with van der Waals surface area (Å²) in [5, 5.41) is 5.21. The molecule has 0 aliphatic rings. The number of ether oxygens (including phenoxy) is 1. The lowest BCUT2D eigenvalue weighted by Crippen LogP contribution is -2.20. The van der Waals surface area contributed by atoms with Gasteiger partial charge in [0.15, 0.2) is 5.16 Å². The van der Waals surface area contributed by atoms with Gasteiger partial charge in [-0.1, -0.05) is 23.9 Å². The summed E-state index contributed by atoms with van der Waals surface area (Å²) >= 11 is 2.60. The third kappa shape index (κ3) is 4.55. The highest BCUT2D eigenvalue weighted by molar-refractivity contribution is 7.99. The van der Waals surface area contributed by atoms with Crippen LogP contribution in [0.2, 0.25) is 0 Å². The van der Waals surface area contributed by atoms with Crippen LogP contribution in [0, 0.1) is 6.92 Å². The number of carbonyl (C=O) groups excluding carboxylic acids is 1. The lowest BCUT2D eigenvalue weighted by molar-refractivity contribution is -0.113. The molecule has 4 rings (SSSR count). The largest absolute Gasteiger partial charge is 0.457 e. The SMILES string of the molecule is Cc1cccc(Oc2ccc(NC(=O)CSc3nc4ccsc4c(=O)n3C)cc2)c1. The second-order valence-corrected chi connectivity index (χ2v) is 8.53. The zero-order chi connectivity index (χ0) is 21.1. The summed E-state index contributed by atoms with van der Waals surface area (Å²) in [4.78, 5) is 29.1. The average molecular weight is 438 g/mol. The highest BCUT2D eigenvalue weighted by atomic mass is 32.2. The van der Waals surface area contributed by atoms with Crippen molar-refractivity contribution in [3.8, 4) is 11.5 Å². The maximum Gasteiger partial charge on any atom is 0.271 e. The summed E-state index contributed by atoms with van der Waals surface area (Å²) in [5.41, 5.74) is 2.36. The Morgan fingerprint density at radius 2 is 1.97 bits per heavy atom. The first kappa shape index (κ1) is 20.2. The molecule has 0 aliphatic carbocycles. The molecule has 0 aliphatic heterocycles. The number of hydrogen-bond donors (Lipinski definition) is 1. The third-order valence-corrected chi connectivity index (χ3v) is 6.26. The summed E-state index contributed by atoms with van der Waals surface area (Å²) in [6.45, 7) is 2.01. The molecule has 6 nitrogen and oxygen atoms in total. The summed E-state index contributed by atoms with van der Waals surface area (Å²) in [5.74, 6) is 1.43. The molecular weight excluding hydrogens is 418 g/mol. The number of nitrogens with zero attached hydrogens (tertiary/aromatic N) is 2. The van der Waals surface area contributed by atoms with Gasteiger partial charge in [-0.3, -0.25) is 14.2 Å². The molecule has 0 saturated heterocycles. The number of fused-ring (bicyclic) bond motifs is 1. The maximum atomic E-state index is 12.3. The highest BCUT2D eigenvalue weighted by Crippen LogP contribution is 2.24. The second-order valence-electron chi connectivity index (χ2n) is 6.67. The molecule has 8 heteroatoms. The minimum atomic E-state index is -0.174. The summed E-state index contributed by atoms with van der Waals surface area (Å²) in [6.07, 6.45) is 0. The number of carbonyl (C=O) groups is 1. The minimum Gasteiger partial charge on any atom is -0.457 e. The van der Waals surface area contributed by atoms with Gasteiger partial charge in [-0.25, -0.2) is 4.98 Å².